The summed E-state index contributed by atoms with van der Waals surface area (Å²) in [6, 6.07) is 4.53. The molecule has 0 atom stereocenters. The number of hydrogen-bond donors (Lipinski definition) is 1. The predicted molar refractivity (Wildman–Crippen MR) is 62.2 cm³/mol. The molecule has 1 fully saturated rings. The van der Waals surface area contributed by atoms with Crippen LogP contribution in [-0.4, -0.2) is 19.0 Å². The van der Waals surface area contributed by atoms with E-state index in [2.05, 4.69) is 10.2 Å². The molecule has 0 unspecified atom stereocenters. The molecule has 0 spiro atoms. The van der Waals surface area contributed by atoms with Crippen LogP contribution in [0, 0.1) is 5.82 Å². The maximum atomic E-state index is 13.1. The Bertz CT molecular complexity index is 400. The molecule has 0 radical (unpaired) electrons. The van der Waals surface area contributed by atoms with Crippen LogP contribution in [0.15, 0.2) is 18.2 Å². The summed E-state index contributed by atoms with van der Waals surface area (Å²) >= 11 is 0. The van der Waals surface area contributed by atoms with E-state index >= 15 is 0 Å². The summed E-state index contributed by atoms with van der Waals surface area (Å²) in [5, 5.41) is 2.67. The third kappa shape index (κ3) is 2.32. The highest BCUT2D eigenvalue weighted by Crippen LogP contribution is 2.29. The second kappa shape index (κ2) is 4.51. The Morgan fingerprint density at radius 1 is 1.38 bits per heavy atom. The number of benzene rings is 1. The van der Waals surface area contributed by atoms with Gasteiger partial charge in [0.25, 0.3) is 0 Å². The van der Waals surface area contributed by atoms with Crippen LogP contribution in [0.1, 0.15) is 19.8 Å². The van der Waals surface area contributed by atoms with Crippen LogP contribution in [0.2, 0.25) is 0 Å². The Kier molecular flexibility index (Phi) is 3.08. The summed E-state index contributed by atoms with van der Waals surface area (Å²) in [6.07, 6.45) is 2.30. The molecule has 86 valence electrons. The van der Waals surface area contributed by atoms with Crippen molar-refractivity contribution >= 4 is 17.3 Å². The van der Waals surface area contributed by atoms with Crippen LogP contribution >= 0.6 is 0 Å². The molecular weight excluding hydrogens is 207 g/mol. The summed E-state index contributed by atoms with van der Waals surface area (Å²) in [4.78, 5) is 13.2. The molecule has 1 saturated heterocycles. The first kappa shape index (κ1) is 10.9. The van der Waals surface area contributed by atoms with E-state index in [1.807, 2.05) is 0 Å². The van der Waals surface area contributed by atoms with Crippen molar-refractivity contribution in [3.63, 3.8) is 0 Å². The highest BCUT2D eigenvalue weighted by molar-refractivity contribution is 5.92. The lowest BCUT2D eigenvalue weighted by Gasteiger charge is -2.21. The van der Waals surface area contributed by atoms with Crippen LogP contribution < -0.4 is 10.2 Å². The highest BCUT2D eigenvalue weighted by Gasteiger charge is 2.16. The van der Waals surface area contributed by atoms with E-state index in [0.717, 1.165) is 31.6 Å². The molecule has 2 rings (SSSR count). The lowest BCUT2D eigenvalue weighted by atomic mass is 10.2. The van der Waals surface area contributed by atoms with E-state index in [0.29, 0.717) is 5.69 Å². The first-order valence-corrected chi connectivity index (χ1v) is 5.49. The van der Waals surface area contributed by atoms with Gasteiger partial charge in [-0.15, -0.1) is 0 Å². The van der Waals surface area contributed by atoms with Gasteiger partial charge in [-0.3, -0.25) is 4.79 Å². The van der Waals surface area contributed by atoms with Gasteiger partial charge in [-0.1, -0.05) is 0 Å². The number of hydrogen-bond acceptors (Lipinski definition) is 2. The van der Waals surface area contributed by atoms with Crippen molar-refractivity contribution in [2.45, 2.75) is 19.8 Å². The average molecular weight is 222 g/mol. The molecule has 3 nitrogen and oxygen atoms in total. The second-order valence-corrected chi connectivity index (χ2v) is 4.04. The molecule has 0 aromatic heterocycles. The summed E-state index contributed by atoms with van der Waals surface area (Å²) in [7, 11) is 0. The van der Waals surface area contributed by atoms with E-state index in [-0.39, 0.29) is 11.7 Å². The second-order valence-electron chi connectivity index (χ2n) is 4.04. The number of amides is 1. The Labute approximate surface area is 94.3 Å². The first-order chi connectivity index (χ1) is 7.66. The van der Waals surface area contributed by atoms with Crippen molar-refractivity contribution in [3.05, 3.63) is 24.0 Å². The van der Waals surface area contributed by atoms with E-state index in [4.69, 9.17) is 0 Å². The fraction of sp³-hybridized carbons (Fsp3) is 0.417. The predicted octanol–water partition coefficient (Wildman–Crippen LogP) is 2.38. The topological polar surface area (TPSA) is 32.3 Å². The van der Waals surface area contributed by atoms with E-state index in [9.17, 15) is 9.18 Å². The van der Waals surface area contributed by atoms with Gasteiger partial charge in [0.1, 0.15) is 5.82 Å². The molecule has 1 aromatic carbocycles. The lowest BCUT2D eigenvalue weighted by Crippen LogP contribution is -2.20. The number of nitrogens with one attached hydrogen (secondary N) is 1. The van der Waals surface area contributed by atoms with Crippen molar-refractivity contribution in [2.24, 2.45) is 0 Å². The molecule has 4 heteroatoms. The van der Waals surface area contributed by atoms with Gasteiger partial charge >= 0.3 is 0 Å². The van der Waals surface area contributed by atoms with Gasteiger partial charge in [-0.05, 0) is 31.0 Å². The van der Waals surface area contributed by atoms with Gasteiger partial charge in [0.15, 0.2) is 0 Å². The van der Waals surface area contributed by atoms with Crippen LogP contribution in [0.3, 0.4) is 0 Å². The van der Waals surface area contributed by atoms with Gasteiger partial charge < -0.3 is 10.2 Å². The minimum Gasteiger partial charge on any atom is -0.370 e. The van der Waals surface area contributed by atoms with Crippen molar-refractivity contribution in [1.82, 2.24) is 0 Å². The molecule has 1 aliphatic heterocycles. The minimum atomic E-state index is -0.327. The normalized spacial score (nSPS) is 15.2. The number of nitrogens with zero attached hydrogens (tertiary/aromatic N) is 1. The van der Waals surface area contributed by atoms with Crippen molar-refractivity contribution in [3.8, 4) is 0 Å². The lowest BCUT2D eigenvalue weighted by molar-refractivity contribution is -0.114. The fourth-order valence-electron chi connectivity index (χ4n) is 2.03. The Hall–Kier alpha value is -1.58. The highest BCUT2D eigenvalue weighted by atomic mass is 19.1. The van der Waals surface area contributed by atoms with E-state index in [1.54, 1.807) is 6.07 Å². The van der Waals surface area contributed by atoms with Gasteiger partial charge in [-0.2, -0.15) is 0 Å². The molecule has 0 saturated carbocycles. The molecule has 0 bridgehead atoms. The third-order valence-electron chi connectivity index (χ3n) is 2.72. The smallest absolute Gasteiger partial charge is 0.221 e. The monoisotopic (exact) mass is 222 g/mol. The maximum absolute atomic E-state index is 13.1. The standard InChI is InChI=1S/C12H15FN2O/c1-9(16)14-11-8-10(13)4-5-12(11)15-6-2-3-7-15/h4-5,8H,2-3,6-7H2,1H3,(H,14,16). The summed E-state index contributed by atoms with van der Waals surface area (Å²) < 4.78 is 13.1. The van der Waals surface area contributed by atoms with Crippen molar-refractivity contribution in [1.29, 1.82) is 0 Å². The number of carbonyl (C=O) groups is 1. The molecule has 1 heterocycles. The third-order valence-corrected chi connectivity index (χ3v) is 2.72. The van der Waals surface area contributed by atoms with Crippen molar-refractivity contribution in [2.75, 3.05) is 23.3 Å². The van der Waals surface area contributed by atoms with Gasteiger partial charge in [0.2, 0.25) is 5.91 Å². The molecule has 0 aliphatic carbocycles. The number of carbonyl (C=O) groups excluding carboxylic acids is 1. The Morgan fingerprint density at radius 2 is 2.06 bits per heavy atom. The minimum absolute atomic E-state index is 0.175. The van der Waals surface area contributed by atoms with Gasteiger partial charge in [-0.25, -0.2) is 4.39 Å². The Morgan fingerprint density at radius 3 is 2.69 bits per heavy atom. The molecule has 1 N–H and O–H groups in total. The average Bonchev–Trinajstić information content (AvgIpc) is 2.69. The quantitative estimate of drug-likeness (QED) is 0.833. The Balaban J connectivity index is 2.30. The first-order valence-electron chi connectivity index (χ1n) is 5.49. The van der Waals surface area contributed by atoms with Crippen LogP contribution in [0.5, 0.6) is 0 Å². The molecule has 16 heavy (non-hydrogen) atoms. The molecule has 1 aromatic rings. The SMILES string of the molecule is CC(=O)Nc1cc(F)ccc1N1CCCC1. The van der Waals surface area contributed by atoms with E-state index < -0.39 is 0 Å². The number of anilines is 2. The van der Waals surface area contributed by atoms with E-state index in [1.165, 1.54) is 19.1 Å². The fourth-order valence-corrected chi connectivity index (χ4v) is 2.03. The molecule has 1 amide bonds. The maximum Gasteiger partial charge on any atom is 0.221 e. The zero-order chi connectivity index (χ0) is 11.5. The molecular formula is C12H15FN2O. The molecule has 1 aliphatic rings. The summed E-state index contributed by atoms with van der Waals surface area (Å²) in [5.41, 5.74) is 1.48. The van der Waals surface area contributed by atoms with Gasteiger partial charge in [0, 0.05) is 20.0 Å². The number of rotatable bonds is 2. The summed E-state index contributed by atoms with van der Waals surface area (Å²) in [5.74, 6) is -0.502. The number of halogens is 1. The summed E-state index contributed by atoms with van der Waals surface area (Å²) in [6.45, 7) is 3.37. The largest absolute Gasteiger partial charge is 0.370 e. The zero-order valence-electron chi connectivity index (χ0n) is 9.29. The van der Waals surface area contributed by atoms with Crippen LogP contribution in [0.4, 0.5) is 15.8 Å². The van der Waals surface area contributed by atoms with Gasteiger partial charge in [0.05, 0.1) is 11.4 Å². The van der Waals surface area contributed by atoms with Crippen LogP contribution in [-0.2, 0) is 4.79 Å². The van der Waals surface area contributed by atoms with Crippen LogP contribution in [0.25, 0.3) is 0 Å². The zero-order valence-corrected chi connectivity index (χ0v) is 9.29. The van der Waals surface area contributed by atoms with Crippen molar-refractivity contribution < 1.29 is 9.18 Å².